The Morgan fingerprint density at radius 1 is 1.02 bits per heavy atom. The van der Waals surface area contributed by atoms with E-state index in [1.165, 1.54) is 12.7 Å². The van der Waals surface area contributed by atoms with Crippen molar-refractivity contribution in [1.29, 1.82) is 0 Å². The molecule has 1 aromatic heterocycles. The fourth-order valence-electron chi connectivity index (χ4n) is 7.78. The molecule has 7 atom stereocenters. The number of hydrogen-bond acceptors (Lipinski definition) is 7. The van der Waals surface area contributed by atoms with Crippen molar-refractivity contribution in [1.82, 2.24) is 4.98 Å². The monoisotopic (exact) mass is 589 g/mol. The molecule has 7 unspecified atom stereocenters. The minimum Gasteiger partial charge on any atom is -0.508 e. The second-order valence-electron chi connectivity index (χ2n) is 12.7. The Hall–Kier alpha value is -3.46. The van der Waals surface area contributed by atoms with E-state index < -0.39 is 30.3 Å². The zero-order valence-electron chi connectivity index (χ0n) is 24.9. The summed E-state index contributed by atoms with van der Waals surface area (Å²) in [6, 6.07) is 7.90. The lowest BCUT2D eigenvalue weighted by molar-refractivity contribution is -0.154. The number of aromatic hydroxyl groups is 3. The van der Waals surface area contributed by atoms with Crippen LogP contribution in [0.2, 0.25) is 0 Å². The summed E-state index contributed by atoms with van der Waals surface area (Å²) in [6.45, 7) is 1.74. The van der Waals surface area contributed by atoms with Crippen LogP contribution >= 0.6 is 0 Å². The van der Waals surface area contributed by atoms with Crippen LogP contribution in [0.15, 0.2) is 48.8 Å². The zero-order chi connectivity index (χ0) is 30.2. The number of methoxy groups -OCH3 is 1. The third-order valence-electron chi connectivity index (χ3n) is 9.99. The van der Waals surface area contributed by atoms with Crippen molar-refractivity contribution in [2.75, 3.05) is 7.11 Å². The van der Waals surface area contributed by atoms with Crippen LogP contribution in [-0.2, 0) is 17.8 Å². The first kappa shape index (κ1) is 29.6. The van der Waals surface area contributed by atoms with Gasteiger partial charge in [-0.3, -0.25) is 0 Å². The van der Waals surface area contributed by atoms with Crippen LogP contribution in [0.25, 0.3) is 0 Å². The highest BCUT2D eigenvalue weighted by Gasteiger charge is 2.44. The van der Waals surface area contributed by atoms with E-state index in [0.29, 0.717) is 42.1 Å². The summed E-state index contributed by atoms with van der Waals surface area (Å²) in [6.07, 6.45) is 11.8. The molecule has 1 saturated heterocycles. The molecule has 3 aromatic rings. The molecule has 3 aliphatic rings. The number of aromatic amines is 1. The molecule has 230 valence electrons. The second-order valence-corrected chi connectivity index (χ2v) is 12.7. The van der Waals surface area contributed by atoms with Gasteiger partial charge in [0.15, 0.2) is 11.5 Å². The molecule has 0 spiro atoms. The van der Waals surface area contributed by atoms with Crippen LogP contribution in [0.5, 0.6) is 23.0 Å². The van der Waals surface area contributed by atoms with Crippen LogP contribution in [0.3, 0.4) is 0 Å². The average Bonchev–Trinajstić information content (AvgIpc) is 3.52. The third-order valence-corrected chi connectivity index (χ3v) is 9.99. The fraction of sp³-hybridized carbons (Fsp3) is 0.486. The van der Waals surface area contributed by atoms with Gasteiger partial charge in [0.2, 0.25) is 5.75 Å². The Bertz CT molecular complexity index is 1470. The molecular formula is C35H43NO7. The van der Waals surface area contributed by atoms with Crippen molar-refractivity contribution >= 4 is 0 Å². The first-order valence-corrected chi connectivity index (χ1v) is 15.5. The molecular weight excluding hydrogens is 546 g/mol. The number of aromatic nitrogens is 1. The number of aliphatic hydroxyl groups excluding tert-OH is 2. The summed E-state index contributed by atoms with van der Waals surface area (Å²) < 4.78 is 12.4. The molecule has 6 rings (SSSR count). The van der Waals surface area contributed by atoms with Crippen LogP contribution in [0.1, 0.15) is 96.8 Å². The number of aliphatic hydroxyl groups is 2. The van der Waals surface area contributed by atoms with Crippen molar-refractivity contribution in [3.63, 3.8) is 0 Å². The van der Waals surface area contributed by atoms with Gasteiger partial charge in [-0.2, -0.15) is 0 Å². The van der Waals surface area contributed by atoms with Gasteiger partial charge in [-0.05, 0) is 72.8 Å². The van der Waals surface area contributed by atoms with Gasteiger partial charge in [-0.1, -0.05) is 31.2 Å². The molecule has 0 radical (unpaired) electrons. The Kier molecular flexibility index (Phi) is 8.45. The highest BCUT2D eigenvalue weighted by molar-refractivity contribution is 5.64. The Labute approximate surface area is 252 Å². The Morgan fingerprint density at radius 3 is 2.58 bits per heavy atom. The molecule has 2 fully saturated rings. The SMILES string of the molecule is COc1c(O)c(O)c(CO)c(C2CC(O)C3CCC(c4ccc(O)c(C5C=CCC(C)C5)c4)CC3O2)c1Cc1cc[nH]c1. The lowest BCUT2D eigenvalue weighted by atomic mass is 9.71. The van der Waals surface area contributed by atoms with Gasteiger partial charge in [0, 0.05) is 53.8 Å². The maximum absolute atomic E-state index is 11.4. The maximum Gasteiger partial charge on any atom is 0.201 e. The molecule has 8 nitrogen and oxygen atoms in total. The molecule has 43 heavy (non-hydrogen) atoms. The minimum atomic E-state index is -0.623. The molecule has 0 amide bonds. The molecule has 0 bridgehead atoms. The normalized spacial score (nSPS) is 28.9. The minimum absolute atomic E-state index is 0.0236. The van der Waals surface area contributed by atoms with Crippen LogP contribution in [0.4, 0.5) is 0 Å². The van der Waals surface area contributed by atoms with Crippen LogP contribution in [-0.4, -0.2) is 49.8 Å². The standard InChI is InChI=1S/C35H43NO7/c1-19-4-3-5-23(12-19)25-14-21(7-9-28(25)38)22-6-8-24-29(39)16-31(43-30(24)15-22)32-26(13-20-10-11-36-17-20)35(42-2)34(41)33(40)27(32)18-37/h3,5,7,9-11,14,17,19,22-24,29-31,36-41H,4,6,8,12-13,15-16,18H2,1-2H3. The summed E-state index contributed by atoms with van der Waals surface area (Å²) in [5.74, 6) is 0.569. The number of rotatable bonds is 7. The largest absolute Gasteiger partial charge is 0.508 e. The van der Waals surface area contributed by atoms with E-state index in [2.05, 4.69) is 30.1 Å². The number of phenolic OH excluding ortho intramolecular Hbond substituents is 2. The van der Waals surface area contributed by atoms with Crippen LogP contribution in [0, 0.1) is 11.8 Å². The maximum atomic E-state index is 11.4. The van der Waals surface area contributed by atoms with E-state index in [1.54, 1.807) is 0 Å². The molecule has 1 aliphatic heterocycles. The predicted molar refractivity (Wildman–Crippen MR) is 163 cm³/mol. The van der Waals surface area contributed by atoms with Crippen molar-refractivity contribution in [3.05, 3.63) is 82.2 Å². The van der Waals surface area contributed by atoms with Crippen molar-refractivity contribution in [2.24, 2.45) is 11.8 Å². The van der Waals surface area contributed by atoms with Crippen molar-refractivity contribution in [2.45, 2.75) is 88.6 Å². The van der Waals surface area contributed by atoms with Gasteiger partial charge in [-0.25, -0.2) is 0 Å². The lowest BCUT2D eigenvalue weighted by Crippen LogP contribution is -2.44. The molecule has 6 N–H and O–H groups in total. The molecule has 2 heterocycles. The number of benzene rings is 2. The number of allylic oxidation sites excluding steroid dienone is 2. The number of hydrogen-bond donors (Lipinski definition) is 6. The quantitative estimate of drug-likeness (QED) is 0.146. The van der Waals surface area contributed by atoms with E-state index in [-0.39, 0.29) is 35.2 Å². The number of fused-ring (bicyclic) bond motifs is 1. The topological polar surface area (TPSA) is 135 Å². The Balaban J connectivity index is 1.32. The average molecular weight is 590 g/mol. The van der Waals surface area contributed by atoms with Gasteiger partial charge < -0.3 is 40.0 Å². The fourth-order valence-corrected chi connectivity index (χ4v) is 7.78. The predicted octanol–water partition coefficient (Wildman–Crippen LogP) is 6.07. The summed E-state index contributed by atoms with van der Waals surface area (Å²) >= 11 is 0. The van der Waals surface area contributed by atoms with Crippen molar-refractivity contribution < 1.29 is 35.0 Å². The number of H-pyrrole nitrogens is 1. The van der Waals surface area contributed by atoms with E-state index >= 15 is 0 Å². The highest BCUT2D eigenvalue weighted by Crippen LogP contribution is 2.52. The zero-order valence-corrected chi connectivity index (χ0v) is 24.9. The van der Waals surface area contributed by atoms with E-state index in [0.717, 1.165) is 36.8 Å². The second kappa shape index (κ2) is 12.3. The van der Waals surface area contributed by atoms with Crippen LogP contribution < -0.4 is 4.74 Å². The lowest BCUT2D eigenvalue weighted by Gasteiger charge is -2.45. The van der Waals surface area contributed by atoms with E-state index in [4.69, 9.17) is 9.47 Å². The van der Waals surface area contributed by atoms with Gasteiger partial charge in [0.05, 0.1) is 32.0 Å². The summed E-state index contributed by atoms with van der Waals surface area (Å²) in [7, 11) is 1.44. The number of ether oxygens (including phenoxy) is 2. The molecule has 2 aromatic carbocycles. The van der Waals surface area contributed by atoms with Gasteiger partial charge in [0.25, 0.3) is 0 Å². The highest BCUT2D eigenvalue weighted by atomic mass is 16.5. The molecule has 8 heteroatoms. The number of nitrogens with one attached hydrogen (secondary N) is 1. The van der Waals surface area contributed by atoms with Gasteiger partial charge >= 0.3 is 0 Å². The first-order chi connectivity index (χ1) is 20.8. The number of phenols is 3. The van der Waals surface area contributed by atoms with Gasteiger partial charge in [-0.15, -0.1) is 0 Å². The van der Waals surface area contributed by atoms with Gasteiger partial charge in [0.1, 0.15) is 5.75 Å². The summed E-state index contributed by atoms with van der Waals surface area (Å²) in [4.78, 5) is 3.04. The first-order valence-electron chi connectivity index (χ1n) is 15.5. The van der Waals surface area contributed by atoms with Crippen molar-refractivity contribution in [3.8, 4) is 23.0 Å². The summed E-state index contributed by atoms with van der Waals surface area (Å²) in [5, 5.41) is 54.2. The smallest absolute Gasteiger partial charge is 0.201 e. The summed E-state index contributed by atoms with van der Waals surface area (Å²) in [5.41, 5.74) is 4.43. The van der Waals surface area contributed by atoms with E-state index in [9.17, 15) is 25.5 Å². The van der Waals surface area contributed by atoms with E-state index in [1.807, 2.05) is 30.6 Å². The molecule has 2 aliphatic carbocycles. The Morgan fingerprint density at radius 2 is 1.86 bits per heavy atom. The molecule has 1 saturated carbocycles. The third kappa shape index (κ3) is 5.64.